The number of hydrogen-bond acceptors (Lipinski definition) is 5. The fourth-order valence-electron chi connectivity index (χ4n) is 5.06. The number of likely N-dealkylation sites (N-methyl/N-ethyl adjacent to an activating group) is 1. The van der Waals surface area contributed by atoms with Crippen molar-refractivity contribution < 1.29 is 9.53 Å². The van der Waals surface area contributed by atoms with Gasteiger partial charge in [0.25, 0.3) is 5.91 Å². The van der Waals surface area contributed by atoms with Crippen LogP contribution in [0.5, 0.6) is 5.88 Å². The monoisotopic (exact) mass is 450 g/mol. The third-order valence-corrected chi connectivity index (χ3v) is 7.14. The van der Waals surface area contributed by atoms with Crippen molar-refractivity contribution in [1.29, 1.82) is 0 Å². The van der Waals surface area contributed by atoms with E-state index in [2.05, 4.69) is 48.8 Å². The van der Waals surface area contributed by atoms with E-state index in [9.17, 15) is 4.79 Å². The number of carbonyl (C=O) groups excluding carboxylic acids is 1. The molecule has 2 aliphatic rings. The summed E-state index contributed by atoms with van der Waals surface area (Å²) >= 11 is 0. The summed E-state index contributed by atoms with van der Waals surface area (Å²) in [6.07, 6.45) is 4.78. The first kappa shape index (κ1) is 23.6. The zero-order valence-corrected chi connectivity index (χ0v) is 20.6. The summed E-state index contributed by atoms with van der Waals surface area (Å²) in [5.74, 6) is 1.37. The molecule has 4 rings (SSSR count). The molecule has 33 heavy (non-hydrogen) atoms. The van der Waals surface area contributed by atoms with Crippen molar-refractivity contribution >= 4 is 11.7 Å². The number of fused-ring (bicyclic) bond motifs is 1. The van der Waals surface area contributed by atoms with Gasteiger partial charge in [-0.15, -0.1) is 0 Å². The molecule has 0 aliphatic carbocycles. The Morgan fingerprint density at radius 3 is 2.58 bits per heavy atom. The molecule has 0 N–H and O–H groups in total. The first-order valence-electron chi connectivity index (χ1n) is 12.5. The quantitative estimate of drug-likeness (QED) is 0.616. The van der Waals surface area contributed by atoms with Crippen LogP contribution in [0.3, 0.4) is 0 Å². The Hall–Kier alpha value is -2.60. The molecule has 178 valence electrons. The molecule has 6 nitrogen and oxygen atoms in total. The number of rotatable bonds is 7. The molecule has 0 unspecified atom stereocenters. The summed E-state index contributed by atoms with van der Waals surface area (Å²) in [7, 11) is 1.83. The van der Waals surface area contributed by atoms with Crippen molar-refractivity contribution in [2.75, 3.05) is 51.3 Å². The van der Waals surface area contributed by atoms with Crippen LogP contribution in [0, 0.1) is 6.92 Å². The number of unbranched alkanes of at least 4 members (excludes halogenated alkanes) is 1. The molecule has 6 heteroatoms. The van der Waals surface area contributed by atoms with Gasteiger partial charge in [0.1, 0.15) is 18.0 Å². The number of pyridine rings is 1. The van der Waals surface area contributed by atoms with E-state index in [4.69, 9.17) is 9.72 Å². The van der Waals surface area contributed by atoms with Crippen LogP contribution < -0.4 is 9.64 Å². The lowest BCUT2D eigenvalue weighted by atomic mass is 9.95. The topological polar surface area (TPSA) is 48.9 Å². The maximum atomic E-state index is 13.3. The molecule has 0 bridgehead atoms. The van der Waals surface area contributed by atoms with Crippen LogP contribution in [0.4, 0.5) is 5.82 Å². The van der Waals surface area contributed by atoms with E-state index >= 15 is 0 Å². The Labute approximate surface area is 198 Å². The number of amides is 1. The number of aromatic nitrogens is 1. The van der Waals surface area contributed by atoms with Gasteiger partial charge in [0.15, 0.2) is 0 Å². The summed E-state index contributed by atoms with van der Waals surface area (Å²) < 4.78 is 6.04. The van der Waals surface area contributed by atoms with E-state index in [1.54, 1.807) is 4.90 Å². The summed E-state index contributed by atoms with van der Waals surface area (Å²) in [6.45, 7) is 11.9. The second kappa shape index (κ2) is 10.6. The molecule has 0 saturated carbocycles. The number of nitrogens with zero attached hydrogens (tertiary/aromatic N) is 4. The molecule has 1 aromatic heterocycles. The predicted octanol–water partition coefficient (Wildman–Crippen LogP) is 4.61. The molecule has 0 spiro atoms. The summed E-state index contributed by atoms with van der Waals surface area (Å²) in [5.41, 5.74) is 3.72. The van der Waals surface area contributed by atoms with Gasteiger partial charge in [-0.3, -0.25) is 4.79 Å². The second-order valence-corrected chi connectivity index (χ2v) is 9.30. The lowest BCUT2D eigenvalue weighted by molar-refractivity contribution is 0.0797. The van der Waals surface area contributed by atoms with Crippen molar-refractivity contribution in [1.82, 2.24) is 14.8 Å². The van der Waals surface area contributed by atoms with Gasteiger partial charge in [-0.2, -0.15) is 4.98 Å². The highest BCUT2D eigenvalue weighted by molar-refractivity contribution is 6.04. The van der Waals surface area contributed by atoms with Crippen LogP contribution in [-0.4, -0.2) is 73.1 Å². The molecule has 1 fully saturated rings. The number of hydrogen-bond donors (Lipinski definition) is 0. The van der Waals surface area contributed by atoms with Crippen LogP contribution in [-0.2, 0) is 0 Å². The fourth-order valence-corrected chi connectivity index (χ4v) is 5.06. The molecule has 1 aromatic carbocycles. The molecule has 1 amide bonds. The Morgan fingerprint density at radius 1 is 1.12 bits per heavy atom. The summed E-state index contributed by atoms with van der Waals surface area (Å²) in [5, 5.41) is 0. The lowest BCUT2D eigenvalue weighted by Gasteiger charge is -2.39. The maximum Gasteiger partial charge on any atom is 0.259 e. The Morgan fingerprint density at radius 2 is 1.88 bits per heavy atom. The zero-order valence-electron chi connectivity index (χ0n) is 20.6. The molecule has 0 atom stereocenters. The number of carbonyl (C=O) groups is 1. The van der Waals surface area contributed by atoms with Gasteiger partial charge in [-0.1, -0.05) is 44.5 Å². The highest BCUT2D eigenvalue weighted by atomic mass is 16.5. The van der Waals surface area contributed by atoms with Crippen molar-refractivity contribution in [3.63, 3.8) is 0 Å². The van der Waals surface area contributed by atoms with E-state index in [-0.39, 0.29) is 5.91 Å². The van der Waals surface area contributed by atoms with Crippen molar-refractivity contribution in [3.05, 3.63) is 41.5 Å². The Bertz CT molecular complexity index is 969. The van der Waals surface area contributed by atoms with Gasteiger partial charge >= 0.3 is 0 Å². The predicted molar refractivity (Wildman–Crippen MR) is 134 cm³/mol. The SMILES string of the molecule is CCCCN(CC)C1CCN(c2cc(-c3ccccc3C)c3c(n2)OCCN(C)C3=O)CC1. The number of benzene rings is 1. The third-order valence-electron chi connectivity index (χ3n) is 7.14. The number of piperidine rings is 1. The average Bonchev–Trinajstić information content (AvgIpc) is 2.98. The number of anilines is 1. The van der Waals surface area contributed by atoms with Gasteiger partial charge in [0, 0.05) is 31.7 Å². The van der Waals surface area contributed by atoms with Crippen molar-refractivity contribution in [3.8, 4) is 17.0 Å². The summed E-state index contributed by atoms with van der Waals surface area (Å²) in [6, 6.07) is 11.0. The Balaban J connectivity index is 1.65. The molecular formula is C27H38N4O2. The molecule has 3 heterocycles. The van der Waals surface area contributed by atoms with Crippen molar-refractivity contribution in [2.45, 2.75) is 52.5 Å². The summed E-state index contributed by atoms with van der Waals surface area (Å²) in [4.78, 5) is 24.9. The van der Waals surface area contributed by atoms with Crippen LogP contribution in [0.15, 0.2) is 30.3 Å². The van der Waals surface area contributed by atoms with Gasteiger partial charge in [-0.05, 0) is 56.5 Å². The standard InChI is InChI=1S/C27H38N4O2/c1-5-7-14-30(6-2)21-12-15-31(16-13-21)24-19-23(22-11-9-8-10-20(22)3)25-26(28-24)33-18-17-29(4)27(25)32/h8-11,19,21H,5-7,12-18H2,1-4H3. The van der Waals surface area contributed by atoms with E-state index < -0.39 is 0 Å². The molecule has 2 aliphatic heterocycles. The van der Waals surface area contributed by atoms with Crippen LogP contribution in [0.1, 0.15) is 55.5 Å². The van der Waals surface area contributed by atoms with Gasteiger partial charge in [-0.25, -0.2) is 0 Å². The van der Waals surface area contributed by atoms with E-state index in [1.807, 2.05) is 19.2 Å². The van der Waals surface area contributed by atoms with Gasteiger partial charge in [0.2, 0.25) is 5.88 Å². The first-order valence-corrected chi connectivity index (χ1v) is 12.5. The lowest BCUT2D eigenvalue weighted by Crippen LogP contribution is -2.45. The zero-order chi connectivity index (χ0) is 23.4. The van der Waals surface area contributed by atoms with E-state index in [0.29, 0.717) is 30.6 Å². The Kier molecular flexibility index (Phi) is 7.53. The van der Waals surface area contributed by atoms with Crippen LogP contribution >= 0.6 is 0 Å². The minimum Gasteiger partial charge on any atom is -0.475 e. The normalized spacial score (nSPS) is 17.2. The number of aryl methyl sites for hydroxylation is 1. The van der Waals surface area contributed by atoms with Gasteiger partial charge in [0.05, 0.1) is 6.54 Å². The number of ether oxygens (including phenoxy) is 1. The van der Waals surface area contributed by atoms with Gasteiger partial charge < -0.3 is 19.4 Å². The van der Waals surface area contributed by atoms with E-state index in [1.165, 1.54) is 19.4 Å². The average molecular weight is 451 g/mol. The maximum absolute atomic E-state index is 13.3. The molecule has 0 radical (unpaired) electrons. The smallest absolute Gasteiger partial charge is 0.259 e. The van der Waals surface area contributed by atoms with Crippen LogP contribution in [0.25, 0.3) is 11.1 Å². The second-order valence-electron chi connectivity index (χ2n) is 9.30. The van der Waals surface area contributed by atoms with E-state index in [0.717, 1.165) is 55.0 Å². The minimum atomic E-state index is -0.0203. The van der Waals surface area contributed by atoms with Crippen LogP contribution in [0.2, 0.25) is 0 Å². The fraction of sp³-hybridized carbons (Fsp3) is 0.556. The molecule has 2 aromatic rings. The highest BCUT2D eigenvalue weighted by Crippen LogP contribution is 2.37. The largest absolute Gasteiger partial charge is 0.475 e. The molecular weight excluding hydrogens is 412 g/mol. The molecule has 1 saturated heterocycles. The first-order chi connectivity index (χ1) is 16.0. The minimum absolute atomic E-state index is 0.0203. The third kappa shape index (κ3) is 5.01. The van der Waals surface area contributed by atoms with Crippen molar-refractivity contribution in [2.24, 2.45) is 0 Å². The highest BCUT2D eigenvalue weighted by Gasteiger charge is 2.30.